The van der Waals surface area contributed by atoms with E-state index in [0.717, 1.165) is 25.7 Å². The smallest absolute Gasteiger partial charge is 0.338 e. The Hall–Kier alpha value is -3.10. The van der Waals surface area contributed by atoms with Gasteiger partial charge in [0.05, 0.1) is 5.56 Å². The summed E-state index contributed by atoms with van der Waals surface area (Å²) in [5.74, 6) is -0.597. The Morgan fingerprint density at radius 1 is 1.03 bits per heavy atom. The molecule has 2 N–H and O–H groups in total. The number of benzene rings is 1. The van der Waals surface area contributed by atoms with Crippen LogP contribution in [-0.2, 0) is 14.3 Å². The minimum Gasteiger partial charge on any atom is -0.484 e. The third-order valence-electron chi connectivity index (χ3n) is 5.53. The van der Waals surface area contributed by atoms with E-state index in [4.69, 9.17) is 9.47 Å². The topological polar surface area (TPSA) is 114 Å². The Kier molecular flexibility index (Phi) is 10.2. The van der Waals surface area contributed by atoms with Crippen molar-refractivity contribution in [3.63, 3.8) is 0 Å². The van der Waals surface area contributed by atoms with Gasteiger partial charge in [0.15, 0.2) is 13.2 Å². The molecule has 0 aliphatic carbocycles. The van der Waals surface area contributed by atoms with Crippen molar-refractivity contribution in [2.24, 2.45) is 5.92 Å². The summed E-state index contributed by atoms with van der Waals surface area (Å²) in [5, 5.41) is 4.67. The molecule has 1 aromatic carbocycles. The molecule has 4 amide bonds. The molecule has 1 aliphatic heterocycles. The molecule has 1 heterocycles. The second-order valence-electron chi connectivity index (χ2n) is 8.81. The normalized spacial score (nSPS) is 17.9. The molecule has 1 aliphatic rings. The van der Waals surface area contributed by atoms with Crippen LogP contribution in [0.3, 0.4) is 0 Å². The number of carbonyl (C=O) groups excluding carboxylic acids is 4. The number of hydrogen-bond donors (Lipinski definition) is 2. The number of amides is 4. The van der Waals surface area contributed by atoms with Gasteiger partial charge in [0, 0.05) is 18.6 Å². The highest BCUT2D eigenvalue weighted by molar-refractivity contribution is 5.97. The lowest BCUT2D eigenvalue weighted by Crippen LogP contribution is -2.49. The molecule has 9 nitrogen and oxygen atoms in total. The van der Waals surface area contributed by atoms with Gasteiger partial charge < -0.3 is 19.7 Å². The fourth-order valence-electron chi connectivity index (χ4n) is 3.72. The summed E-state index contributed by atoms with van der Waals surface area (Å²) in [4.78, 5) is 49.9. The summed E-state index contributed by atoms with van der Waals surface area (Å²) in [6.07, 6.45) is 3.90. The molecule has 1 saturated heterocycles. The van der Waals surface area contributed by atoms with Crippen LogP contribution in [0.25, 0.3) is 0 Å². The van der Waals surface area contributed by atoms with Gasteiger partial charge in [-0.15, -0.1) is 0 Å². The van der Waals surface area contributed by atoms with Gasteiger partial charge in [-0.2, -0.15) is 0 Å². The van der Waals surface area contributed by atoms with Gasteiger partial charge >= 0.3 is 12.0 Å². The lowest BCUT2D eigenvalue weighted by Gasteiger charge is -2.38. The van der Waals surface area contributed by atoms with Crippen molar-refractivity contribution >= 4 is 23.8 Å². The van der Waals surface area contributed by atoms with E-state index in [1.165, 1.54) is 12.1 Å². The molecule has 9 heteroatoms. The Morgan fingerprint density at radius 3 is 2.27 bits per heavy atom. The summed E-state index contributed by atoms with van der Waals surface area (Å²) < 4.78 is 10.5. The number of rotatable bonds is 9. The van der Waals surface area contributed by atoms with Gasteiger partial charge in [0.25, 0.3) is 11.8 Å². The van der Waals surface area contributed by atoms with E-state index in [1.807, 2.05) is 32.6 Å². The van der Waals surface area contributed by atoms with Crippen molar-refractivity contribution < 1.29 is 28.7 Å². The second-order valence-corrected chi connectivity index (χ2v) is 8.81. The maximum Gasteiger partial charge on any atom is 0.338 e. The lowest BCUT2D eigenvalue weighted by molar-refractivity contribution is -0.139. The monoisotopic (exact) mass is 461 g/mol. The maximum absolute atomic E-state index is 12.5. The van der Waals surface area contributed by atoms with Crippen LogP contribution in [0.1, 0.15) is 63.7 Å². The molecule has 182 valence electrons. The van der Waals surface area contributed by atoms with E-state index < -0.39 is 24.5 Å². The van der Waals surface area contributed by atoms with E-state index in [9.17, 15) is 19.2 Å². The van der Waals surface area contributed by atoms with Gasteiger partial charge in [-0.25, -0.2) is 9.59 Å². The minimum absolute atomic E-state index is 0.0579. The zero-order valence-corrected chi connectivity index (χ0v) is 19.9. The van der Waals surface area contributed by atoms with Crippen molar-refractivity contribution in [2.45, 2.75) is 65.5 Å². The Morgan fingerprint density at radius 2 is 1.67 bits per heavy atom. The number of imide groups is 1. The molecule has 2 rings (SSSR count). The lowest BCUT2D eigenvalue weighted by atomic mass is 9.97. The molecular weight excluding hydrogens is 426 g/mol. The number of ether oxygens (including phenoxy) is 2. The third kappa shape index (κ3) is 8.75. The average Bonchev–Trinajstić information content (AvgIpc) is 2.76. The van der Waals surface area contributed by atoms with Gasteiger partial charge in [-0.05, 0) is 69.7 Å². The fraction of sp³-hybridized carbons (Fsp3) is 0.583. The SMILES string of the molecule is CC(C)CCNC(=O)NC(=O)COC(=O)c1ccc(OCC(=O)N2C(C)CCCC2C)cc1. The van der Waals surface area contributed by atoms with Crippen LogP contribution in [0, 0.1) is 5.92 Å². The zero-order valence-electron chi connectivity index (χ0n) is 19.9. The number of nitrogens with one attached hydrogen (secondary N) is 2. The van der Waals surface area contributed by atoms with Crippen LogP contribution in [0.5, 0.6) is 5.75 Å². The first-order valence-corrected chi connectivity index (χ1v) is 11.5. The molecule has 1 aromatic rings. The minimum atomic E-state index is -0.718. The number of piperidine rings is 1. The predicted octanol–water partition coefficient (Wildman–Crippen LogP) is 2.88. The Labute approximate surface area is 195 Å². The van der Waals surface area contributed by atoms with E-state index in [0.29, 0.717) is 18.2 Å². The maximum atomic E-state index is 12.5. The molecule has 0 saturated carbocycles. The third-order valence-corrected chi connectivity index (χ3v) is 5.53. The van der Waals surface area contributed by atoms with Gasteiger partial charge in [-0.3, -0.25) is 14.9 Å². The van der Waals surface area contributed by atoms with Crippen LogP contribution in [0.4, 0.5) is 4.79 Å². The van der Waals surface area contributed by atoms with E-state index in [2.05, 4.69) is 10.6 Å². The molecule has 0 radical (unpaired) electrons. The largest absolute Gasteiger partial charge is 0.484 e. The van der Waals surface area contributed by atoms with Gasteiger partial charge in [-0.1, -0.05) is 13.8 Å². The molecule has 0 spiro atoms. The van der Waals surface area contributed by atoms with Crippen LogP contribution in [0.15, 0.2) is 24.3 Å². The second kappa shape index (κ2) is 12.8. The molecule has 1 fully saturated rings. The molecule has 0 bridgehead atoms. The van der Waals surface area contributed by atoms with Crippen LogP contribution >= 0.6 is 0 Å². The molecule has 2 atom stereocenters. The van der Waals surface area contributed by atoms with Crippen LogP contribution in [-0.4, -0.2) is 60.6 Å². The average molecular weight is 462 g/mol. The van der Waals surface area contributed by atoms with Gasteiger partial charge in [0.2, 0.25) is 0 Å². The highest BCUT2D eigenvalue weighted by Crippen LogP contribution is 2.23. The number of carbonyl (C=O) groups is 4. The summed E-state index contributed by atoms with van der Waals surface area (Å²) in [6.45, 7) is 7.96. The van der Waals surface area contributed by atoms with Crippen molar-refractivity contribution in [1.29, 1.82) is 0 Å². The quantitative estimate of drug-likeness (QED) is 0.547. The molecule has 0 aromatic heterocycles. The molecular formula is C24H35N3O6. The number of nitrogens with zero attached hydrogens (tertiary/aromatic N) is 1. The first-order valence-electron chi connectivity index (χ1n) is 11.5. The highest BCUT2D eigenvalue weighted by atomic mass is 16.5. The van der Waals surface area contributed by atoms with E-state index >= 15 is 0 Å². The first-order chi connectivity index (χ1) is 15.7. The Balaban J connectivity index is 1.74. The summed E-state index contributed by atoms with van der Waals surface area (Å²) in [6, 6.07) is 5.89. The summed E-state index contributed by atoms with van der Waals surface area (Å²) in [7, 11) is 0. The summed E-state index contributed by atoms with van der Waals surface area (Å²) >= 11 is 0. The van der Waals surface area contributed by atoms with Gasteiger partial charge in [0.1, 0.15) is 5.75 Å². The van der Waals surface area contributed by atoms with Crippen LogP contribution in [0.2, 0.25) is 0 Å². The van der Waals surface area contributed by atoms with Crippen molar-refractivity contribution in [3.8, 4) is 5.75 Å². The number of urea groups is 1. The number of likely N-dealkylation sites (tertiary alicyclic amines) is 1. The number of hydrogen-bond acceptors (Lipinski definition) is 6. The highest BCUT2D eigenvalue weighted by Gasteiger charge is 2.29. The van der Waals surface area contributed by atoms with Crippen molar-refractivity contribution in [1.82, 2.24) is 15.5 Å². The predicted molar refractivity (Wildman–Crippen MR) is 123 cm³/mol. The number of esters is 1. The van der Waals surface area contributed by atoms with Crippen LogP contribution < -0.4 is 15.4 Å². The zero-order chi connectivity index (χ0) is 24.4. The van der Waals surface area contributed by atoms with E-state index in [1.54, 1.807) is 12.1 Å². The molecule has 33 heavy (non-hydrogen) atoms. The summed E-state index contributed by atoms with van der Waals surface area (Å²) in [5.41, 5.74) is 0.223. The fourth-order valence-corrected chi connectivity index (χ4v) is 3.72. The first kappa shape index (κ1) is 26.2. The van der Waals surface area contributed by atoms with Crippen molar-refractivity contribution in [2.75, 3.05) is 19.8 Å². The Bertz CT molecular complexity index is 814. The van der Waals surface area contributed by atoms with E-state index in [-0.39, 0.29) is 30.2 Å². The molecule has 2 unspecified atom stereocenters. The van der Waals surface area contributed by atoms with Crippen molar-refractivity contribution in [3.05, 3.63) is 29.8 Å². The standard InChI is InChI=1S/C24H35N3O6/c1-16(2)12-13-25-24(31)26-21(28)14-33-23(30)19-8-10-20(11-9-19)32-15-22(29)27-17(3)6-5-7-18(27)4/h8-11,16-18H,5-7,12-15H2,1-4H3,(H2,25,26,28,31).